The number of aliphatic hydroxyl groups is 1. The van der Waals surface area contributed by atoms with Crippen LogP contribution in [-0.2, 0) is 0 Å². The molecule has 3 rings (SSSR count). The van der Waals surface area contributed by atoms with E-state index >= 15 is 4.39 Å². The molecule has 118 valence electrons. The number of alkyl halides is 1. The fraction of sp³-hybridized carbons (Fsp3) is 0.333. The monoisotopic (exact) mass is 311 g/mol. The molecule has 1 N–H and O–H groups in total. The summed E-state index contributed by atoms with van der Waals surface area (Å²) in [5.74, 6) is -0.436. The van der Waals surface area contributed by atoms with Gasteiger partial charge < -0.3 is 10.0 Å². The quantitative estimate of drug-likeness (QED) is 0.946. The highest BCUT2D eigenvalue weighted by molar-refractivity contribution is 5.61. The van der Waals surface area contributed by atoms with Crippen LogP contribution in [0.5, 0.6) is 0 Å². The number of rotatable bonds is 3. The van der Waals surface area contributed by atoms with Crippen LogP contribution in [0, 0.1) is 18.3 Å². The van der Waals surface area contributed by atoms with Gasteiger partial charge in [-0.1, -0.05) is 30.3 Å². The van der Waals surface area contributed by atoms with Crippen molar-refractivity contribution in [3.63, 3.8) is 0 Å². The lowest BCUT2D eigenvalue weighted by Gasteiger charge is -2.24. The smallest absolute Gasteiger partial charge is 0.159 e. The molecule has 0 bridgehead atoms. The van der Waals surface area contributed by atoms with Crippen LogP contribution >= 0.6 is 0 Å². The lowest BCUT2D eigenvalue weighted by Crippen LogP contribution is -2.36. The highest BCUT2D eigenvalue weighted by atomic mass is 19.1. The summed E-state index contributed by atoms with van der Waals surface area (Å²) in [7, 11) is 0. The second-order valence-corrected chi connectivity index (χ2v) is 5.99. The molecule has 0 aliphatic carbocycles. The lowest BCUT2D eigenvalue weighted by molar-refractivity contribution is 0.0751. The average Bonchev–Trinajstić information content (AvgIpc) is 2.94. The minimum Gasteiger partial charge on any atom is -0.393 e. The van der Waals surface area contributed by atoms with E-state index < -0.39 is 18.2 Å². The van der Waals surface area contributed by atoms with E-state index in [0.717, 1.165) is 11.3 Å². The summed E-state index contributed by atoms with van der Waals surface area (Å²) < 4.78 is 15.3. The zero-order valence-corrected chi connectivity index (χ0v) is 12.9. The van der Waals surface area contributed by atoms with Crippen LogP contribution in [0.1, 0.15) is 22.7 Å². The number of aryl methyl sites for hydroxylation is 1. The fourth-order valence-electron chi connectivity index (χ4n) is 3.20. The van der Waals surface area contributed by atoms with E-state index in [1.54, 1.807) is 6.07 Å². The van der Waals surface area contributed by atoms with Gasteiger partial charge in [0.1, 0.15) is 6.07 Å². The number of hydrogen-bond donors (Lipinski definition) is 1. The van der Waals surface area contributed by atoms with Crippen molar-refractivity contribution in [2.75, 3.05) is 24.6 Å². The number of pyridine rings is 1. The Morgan fingerprint density at radius 2 is 2.17 bits per heavy atom. The van der Waals surface area contributed by atoms with Crippen molar-refractivity contribution in [3.8, 4) is 6.07 Å². The summed E-state index contributed by atoms with van der Waals surface area (Å²) in [6.07, 6.45) is 1.51. The molecular formula is C18H18FN3O. The first kappa shape index (κ1) is 15.4. The maximum atomic E-state index is 15.3. The van der Waals surface area contributed by atoms with Crippen LogP contribution in [-0.4, -0.2) is 35.5 Å². The van der Waals surface area contributed by atoms with E-state index in [1.807, 2.05) is 42.2 Å². The summed E-state index contributed by atoms with van der Waals surface area (Å²) in [5, 5.41) is 18.9. The predicted molar refractivity (Wildman–Crippen MR) is 86.0 cm³/mol. The Balaban J connectivity index is 1.99. The Hall–Kier alpha value is -2.45. The van der Waals surface area contributed by atoms with Crippen molar-refractivity contribution in [1.29, 1.82) is 5.26 Å². The number of aliphatic hydroxyl groups excluding tert-OH is 1. The molecule has 0 spiro atoms. The molecule has 1 aromatic heterocycles. The first-order chi connectivity index (χ1) is 11.1. The number of anilines is 1. The molecule has 1 aliphatic rings. The third-order valence-corrected chi connectivity index (χ3v) is 4.43. The normalized spacial score (nSPS) is 23.7. The van der Waals surface area contributed by atoms with Crippen LogP contribution in [0.25, 0.3) is 0 Å². The number of aromatic nitrogens is 1. The van der Waals surface area contributed by atoms with Crippen molar-refractivity contribution in [2.24, 2.45) is 0 Å². The molecule has 2 heterocycles. The van der Waals surface area contributed by atoms with Crippen molar-refractivity contribution >= 4 is 5.69 Å². The first-order valence-corrected chi connectivity index (χ1v) is 7.54. The van der Waals surface area contributed by atoms with E-state index in [9.17, 15) is 10.4 Å². The molecule has 1 fully saturated rings. The summed E-state index contributed by atoms with van der Waals surface area (Å²) in [6, 6.07) is 13.3. The highest BCUT2D eigenvalue weighted by Gasteiger charge is 2.48. The number of nitriles is 1. The molecule has 4 nitrogen and oxygen atoms in total. The Morgan fingerprint density at radius 1 is 1.43 bits per heavy atom. The molecule has 0 unspecified atom stereocenters. The molecule has 2 atom stereocenters. The molecule has 1 aliphatic heterocycles. The van der Waals surface area contributed by atoms with Crippen molar-refractivity contribution in [1.82, 2.24) is 4.98 Å². The number of halogens is 1. The van der Waals surface area contributed by atoms with Gasteiger partial charge in [-0.25, -0.2) is 4.39 Å². The standard InChI is InChI=1S/C18H18FN3O/c1-13-7-17(15(8-20)9-21-13)22-10-16(18(19,11-22)12-23)14-5-3-2-4-6-14/h2-7,9,16,23H,10-12H2,1H3/t16-,18-/m0/s1. The second-order valence-electron chi connectivity index (χ2n) is 5.99. The molecule has 23 heavy (non-hydrogen) atoms. The molecule has 0 saturated carbocycles. The summed E-state index contributed by atoms with van der Waals surface area (Å²) in [4.78, 5) is 5.96. The van der Waals surface area contributed by atoms with Gasteiger partial charge in [-0.2, -0.15) is 5.26 Å². The van der Waals surface area contributed by atoms with E-state index in [0.29, 0.717) is 17.8 Å². The number of benzene rings is 1. The largest absolute Gasteiger partial charge is 0.393 e. The molecule has 2 aromatic rings. The molecule has 1 saturated heterocycles. The molecular weight excluding hydrogens is 293 g/mol. The molecule has 0 amide bonds. The van der Waals surface area contributed by atoms with Gasteiger partial charge in [0.05, 0.1) is 24.4 Å². The van der Waals surface area contributed by atoms with Gasteiger partial charge in [0, 0.05) is 24.4 Å². The van der Waals surface area contributed by atoms with Gasteiger partial charge in [0.25, 0.3) is 0 Å². The van der Waals surface area contributed by atoms with Gasteiger partial charge >= 0.3 is 0 Å². The average molecular weight is 311 g/mol. The molecule has 5 heteroatoms. The van der Waals surface area contributed by atoms with Gasteiger partial charge in [-0.15, -0.1) is 0 Å². The Morgan fingerprint density at radius 3 is 2.83 bits per heavy atom. The third-order valence-electron chi connectivity index (χ3n) is 4.43. The molecule has 0 radical (unpaired) electrons. The third kappa shape index (κ3) is 2.78. The Kier molecular flexibility index (Phi) is 4.01. The minimum atomic E-state index is -1.73. The second kappa shape index (κ2) is 5.98. The summed E-state index contributed by atoms with van der Waals surface area (Å²) >= 11 is 0. The first-order valence-electron chi connectivity index (χ1n) is 7.54. The molecule has 1 aromatic carbocycles. The van der Waals surface area contributed by atoms with E-state index in [4.69, 9.17) is 0 Å². The number of hydrogen-bond acceptors (Lipinski definition) is 4. The van der Waals surface area contributed by atoms with Gasteiger partial charge in [0.15, 0.2) is 5.67 Å². The van der Waals surface area contributed by atoms with Gasteiger partial charge in [-0.3, -0.25) is 4.98 Å². The minimum absolute atomic E-state index is 0.0567. The Bertz CT molecular complexity index is 744. The van der Waals surface area contributed by atoms with Crippen molar-refractivity contribution < 1.29 is 9.50 Å². The van der Waals surface area contributed by atoms with Gasteiger partial charge in [0.2, 0.25) is 0 Å². The lowest BCUT2D eigenvalue weighted by atomic mass is 9.87. The summed E-state index contributed by atoms with van der Waals surface area (Å²) in [5.41, 5.74) is 0.996. The Labute approximate surface area is 134 Å². The zero-order valence-electron chi connectivity index (χ0n) is 12.9. The highest BCUT2D eigenvalue weighted by Crippen LogP contribution is 2.41. The van der Waals surface area contributed by atoms with Crippen LogP contribution in [0.4, 0.5) is 10.1 Å². The topological polar surface area (TPSA) is 60.1 Å². The van der Waals surface area contributed by atoms with Crippen LogP contribution in [0.3, 0.4) is 0 Å². The van der Waals surface area contributed by atoms with Crippen molar-refractivity contribution in [2.45, 2.75) is 18.5 Å². The summed E-state index contributed by atoms with van der Waals surface area (Å²) in [6.45, 7) is 1.76. The maximum Gasteiger partial charge on any atom is 0.159 e. The SMILES string of the molecule is Cc1cc(N2C[C@@H](c3ccccc3)[C@@](F)(CO)C2)c(C#N)cn1. The van der Waals surface area contributed by atoms with E-state index in [-0.39, 0.29) is 6.54 Å². The number of nitrogens with zero attached hydrogens (tertiary/aromatic N) is 3. The van der Waals surface area contributed by atoms with Crippen molar-refractivity contribution in [3.05, 3.63) is 59.4 Å². The van der Waals surface area contributed by atoms with E-state index in [2.05, 4.69) is 11.1 Å². The maximum absolute atomic E-state index is 15.3. The van der Waals surface area contributed by atoms with Crippen LogP contribution in [0.2, 0.25) is 0 Å². The van der Waals surface area contributed by atoms with E-state index in [1.165, 1.54) is 6.20 Å². The van der Waals surface area contributed by atoms with Crippen LogP contribution in [0.15, 0.2) is 42.6 Å². The predicted octanol–water partition coefficient (Wildman–Crippen LogP) is 2.57. The van der Waals surface area contributed by atoms with Crippen LogP contribution < -0.4 is 4.90 Å². The zero-order chi connectivity index (χ0) is 16.4. The fourth-order valence-corrected chi connectivity index (χ4v) is 3.20. The van der Waals surface area contributed by atoms with Gasteiger partial charge in [-0.05, 0) is 18.6 Å².